The Morgan fingerprint density at radius 2 is 1.74 bits per heavy atom. The highest BCUT2D eigenvalue weighted by Crippen LogP contribution is 2.41. The molecule has 1 fully saturated rings. The lowest BCUT2D eigenvalue weighted by atomic mass is 9.75. The van der Waals surface area contributed by atoms with Crippen molar-refractivity contribution in [2.24, 2.45) is 0 Å². The minimum Gasteiger partial charge on any atom is -0.399 e. The molecule has 0 bridgehead atoms. The second-order valence-electron chi connectivity index (χ2n) is 5.71. The molecule has 0 saturated carbocycles. The zero-order valence-corrected chi connectivity index (χ0v) is 12.3. The molecule has 2 rings (SSSR count). The van der Waals surface area contributed by atoms with Crippen LogP contribution in [-0.4, -0.2) is 18.3 Å². The van der Waals surface area contributed by atoms with Crippen LogP contribution >= 0.6 is 11.6 Å². The molecule has 0 atom stereocenters. The molecule has 1 aliphatic heterocycles. The molecule has 0 spiro atoms. The van der Waals surface area contributed by atoms with Gasteiger partial charge in [-0.2, -0.15) is 0 Å². The number of halogens is 2. The van der Waals surface area contributed by atoms with Crippen LogP contribution in [0.5, 0.6) is 0 Å². The lowest BCUT2D eigenvalue weighted by Gasteiger charge is -2.32. The average molecular weight is 283 g/mol. The van der Waals surface area contributed by atoms with Crippen molar-refractivity contribution in [3.05, 3.63) is 41.2 Å². The van der Waals surface area contributed by atoms with Gasteiger partial charge in [-0.25, -0.2) is 4.39 Å². The maximum absolute atomic E-state index is 13.9. The smallest absolute Gasteiger partial charge is 0.399 e. The summed E-state index contributed by atoms with van der Waals surface area (Å²) in [5.74, 6) is -0.424. The quantitative estimate of drug-likeness (QED) is 0.760. The zero-order valence-electron chi connectivity index (χ0n) is 11.6. The van der Waals surface area contributed by atoms with Crippen molar-refractivity contribution in [3.63, 3.8) is 0 Å². The molecule has 0 aromatic heterocycles. The van der Waals surface area contributed by atoms with E-state index in [1.165, 1.54) is 6.07 Å². The Morgan fingerprint density at radius 1 is 1.21 bits per heavy atom. The molecule has 102 valence electrons. The van der Waals surface area contributed by atoms with Crippen LogP contribution in [0.3, 0.4) is 0 Å². The number of hydrogen-bond acceptors (Lipinski definition) is 2. The van der Waals surface area contributed by atoms with Gasteiger partial charge in [-0.05, 0) is 45.3 Å². The average Bonchev–Trinajstić information content (AvgIpc) is 2.47. The number of hydrogen-bond donors (Lipinski definition) is 0. The molecule has 1 aromatic rings. The Balaban J connectivity index is 2.33. The summed E-state index contributed by atoms with van der Waals surface area (Å²) in [6.07, 6.45) is 0. The van der Waals surface area contributed by atoms with Gasteiger partial charge in [0.15, 0.2) is 0 Å². The van der Waals surface area contributed by atoms with Crippen molar-refractivity contribution < 1.29 is 13.7 Å². The van der Waals surface area contributed by atoms with Gasteiger partial charge in [0.05, 0.1) is 16.2 Å². The van der Waals surface area contributed by atoms with Gasteiger partial charge in [0.2, 0.25) is 0 Å². The van der Waals surface area contributed by atoms with E-state index in [2.05, 4.69) is 6.58 Å². The third-order valence-electron chi connectivity index (χ3n) is 3.82. The molecule has 0 unspecified atom stereocenters. The second-order valence-corrected chi connectivity index (χ2v) is 6.12. The Bertz CT molecular complexity index is 492. The first-order valence-corrected chi connectivity index (χ1v) is 6.52. The van der Waals surface area contributed by atoms with Gasteiger partial charge >= 0.3 is 7.12 Å². The first-order chi connectivity index (χ1) is 8.66. The van der Waals surface area contributed by atoms with Crippen molar-refractivity contribution >= 4 is 24.2 Å². The Morgan fingerprint density at radius 3 is 2.21 bits per heavy atom. The lowest BCUT2D eigenvalue weighted by molar-refractivity contribution is 0.00578. The fourth-order valence-electron chi connectivity index (χ4n) is 1.91. The molecule has 1 aliphatic rings. The second kappa shape index (κ2) is 4.62. The molecule has 0 amide bonds. The molecule has 0 N–H and O–H groups in total. The molecular formula is C14H17BClFO2. The molecule has 0 radical (unpaired) electrons. The SMILES string of the molecule is C=C(B1OC(C)(C)C(C)(C)O1)c1c(F)cccc1Cl. The van der Waals surface area contributed by atoms with E-state index >= 15 is 0 Å². The van der Waals surface area contributed by atoms with Crippen LogP contribution < -0.4 is 0 Å². The maximum Gasteiger partial charge on any atom is 0.494 e. The third-order valence-corrected chi connectivity index (χ3v) is 4.14. The largest absolute Gasteiger partial charge is 0.494 e. The zero-order chi connectivity index (χ0) is 14.4. The summed E-state index contributed by atoms with van der Waals surface area (Å²) in [6.45, 7) is 11.6. The fraction of sp³-hybridized carbons (Fsp3) is 0.429. The predicted octanol–water partition coefficient (Wildman–Crippen LogP) is 4.12. The van der Waals surface area contributed by atoms with Crippen molar-refractivity contribution in [3.8, 4) is 0 Å². The van der Waals surface area contributed by atoms with Crippen molar-refractivity contribution in [2.45, 2.75) is 38.9 Å². The monoisotopic (exact) mass is 282 g/mol. The highest BCUT2D eigenvalue weighted by atomic mass is 35.5. The van der Waals surface area contributed by atoms with E-state index < -0.39 is 24.1 Å². The Kier molecular flexibility index (Phi) is 3.54. The normalized spacial score (nSPS) is 20.6. The van der Waals surface area contributed by atoms with Crippen molar-refractivity contribution in [1.29, 1.82) is 0 Å². The van der Waals surface area contributed by atoms with Crippen LogP contribution in [0.25, 0.3) is 5.47 Å². The Labute approximate surface area is 118 Å². The van der Waals surface area contributed by atoms with E-state index in [0.29, 0.717) is 10.5 Å². The molecule has 5 heteroatoms. The maximum atomic E-state index is 13.9. The van der Waals surface area contributed by atoms with Crippen LogP contribution in [0.1, 0.15) is 33.3 Å². The summed E-state index contributed by atoms with van der Waals surface area (Å²) in [5, 5.41) is 0.305. The standard InChI is InChI=1S/C14H17BClFO2/c1-9(12-10(16)7-6-8-11(12)17)15-18-13(2,3)14(4,5)19-15/h6-8H,1H2,2-5H3. The van der Waals surface area contributed by atoms with E-state index in [1.807, 2.05) is 27.7 Å². The fourth-order valence-corrected chi connectivity index (χ4v) is 2.19. The molecule has 1 heterocycles. The highest BCUT2D eigenvalue weighted by Gasteiger charge is 2.52. The summed E-state index contributed by atoms with van der Waals surface area (Å²) in [7, 11) is -0.695. The Hall–Kier alpha value is -0.835. The van der Waals surface area contributed by atoms with Gasteiger partial charge in [-0.1, -0.05) is 24.2 Å². The highest BCUT2D eigenvalue weighted by molar-refractivity contribution is 6.69. The molecule has 0 aliphatic carbocycles. The van der Waals surface area contributed by atoms with Gasteiger partial charge in [-0.3, -0.25) is 0 Å². The predicted molar refractivity (Wildman–Crippen MR) is 76.5 cm³/mol. The summed E-state index contributed by atoms with van der Waals surface area (Å²) in [4.78, 5) is 0. The molecule has 19 heavy (non-hydrogen) atoms. The summed E-state index contributed by atoms with van der Waals surface area (Å²) in [5.41, 5.74) is -0.319. The van der Waals surface area contributed by atoms with Crippen molar-refractivity contribution in [2.75, 3.05) is 0 Å². The van der Waals surface area contributed by atoms with Gasteiger partial charge in [0.25, 0.3) is 0 Å². The summed E-state index contributed by atoms with van der Waals surface area (Å²) < 4.78 is 25.6. The van der Waals surface area contributed by atoms with Crippen LogP contribution in [0.15, 0.2) is 24.8 Å². The van der Waals surface area contributed by atoms with Gasteiger partial charge in [0.1, 0.15) is 5.82 Å². The summed E-state index contributed by atoms with van der Waals surface area (Å²) >= 11 is 6.03. The number of rotatable bonds is 2. The first kappa shape index (κ1) is 14.6. The van der Waals surface area contributed by atoms with Crippen LogP contribution in [0, 0.1) is 5.82 Å². The molecule has 2 nitrogen and oxygen atoms in total. The molecule has 1 saturated heterocycles. The van der Waals surface area contributed by atoms with Crippen LogP contribution in [-0.2, 0) is 9.31 Å². The van der Waals surface area contributed by atoms with E-state index in [1.54, 1.807) is 12.1 Å². The van der Waals surface area contributed by atoms with Gasteiger partial charge in [-0.15, -0.1) is 0 Å². The van der Waals surface area contributed by atoms with Crippen LogP contribution in [0.2, 0.25) is 5.02 Å². The van der Waals surface area contributed by atoms with Gasteiger partial charge < -0.3 is 9.31 Å². The van der Waals surface area contributed by atoms with E-state index in [0.717, 1.165) is 0 Å². The van der Waals surface area contributed by atoms with E-state index in [-0.39, 0.29) is 5.56 Å². The van der Waals surface area contributed by atoms with Gasteiger partial charge in [0, 0.05) is 5.56 Å². The minimum absolute atomic E-state index is 0.252. The minimum atomic E-state index is -0.695. The third kappa shape index (κ3) is 2.45. The van der Waals surface area contributed by atoms with Crippen LogP contribution in [0.4, 0.5) is 4.39 Å². The molecule has 1 aromatic carbocycles. The number of benzene rings is 1. The first-order valence-electron chi connectivity index (χ1n) is 6.14. The van der Waals surface area contributed by atoms with Crippen molar-refractivity contribution in [1.82, 2.24) is 0 Å². The molecular weight excluding hydrogens is 265 g/mol. The topological polar surface area (TPSA) is 18.5 Å². The van der Waals surface area contributed by atoms with E-state index in [4.69, 9.17) is 20.9 Å². The lowest BCUT2D eigenvalue weighted by Crippen LogP contribution is -2.41. The van der Waals surface area contributed by atoms with E-state index in [9.17, 15) is 4.39 Å². The summed E-state index contributed by atoms with van der Waals surface area (Å²) in [6, 6.07) is 4.52.